The summed E-state index contributed by atoms with van der Waals surface area (Å²) in [6.07, 6.45) is 0. The lowest BCUT2D eigenvalue weighted by Gasteiger charge is -2.10. The van der Waals surface area contributed by atoms with Crippen LogP contribution in [0.5, 0.6) is 11.5 Å². The predicted octanol–water partition coefficient (Wildman–Crippen LogP) is 2.91. The second-order valence-electron chi connectivity index (χ2n) is 4.03. The fourth-order valence-electron chi connectivity index (χ4n) is 1.72. The highest BCUT2D eigenvalue weighted by molar-refractivity contribution is 5.32. The molecule has 0 heterocycles. The molecule has 2 aromatic rings. The molecule has 0 radical (unpaired) electrons. The lowest BCUT2D eigenvalue weighted by atomic mass is 10.2. The lowest BCUT2D eigenvalue weighted by Crippen LogP contribution is -2.00. The number of hydrogen-bond acceptors (Lipinski definition) is 3. The van der Waals surface area contributed by atoms with Gasteiger partial charge in [-0.1, -0.05) is 24.3 Å². The Labute approximate surface area is 111 Å². The minimum absolute atomic E-state index is 0.0509. The van der Waals surface area contributed by atoms with Crippen LogP contribution in [0.4, 0.5) is 4.39 Å². The number of halogens is 1. The van der Waals surface area contributed by atoms with E-state index in [0.717, 1.165) is 5.56 Å². The first-order valence-corrected chi connectivity index (χ1v) is 5.88. The molecule has 0 spiro atoms. The average molecular weight is 262 g/mol. The van der Waals surface area contributed by atoms with Gasteiger partial charge in [-0.15, -0.1) is 0 Å². The maximum atomic E-state index is 13.9. The van der Waals surface area contributed by atoms with E-state index in [4.69, 9.17) is 14.6 Å². The molecule has 0 amide bonds. The molecule has 0 fully saturated rings. The van der Waals surface area contributed by atoms with Gasteiger partial charge in [0.25, 0.3) is 0 Å². The average Bonchev–Trinajstić information content (AvgIpc) is 2.46. The Hall–Kier alpha value is -2.07. The van der Waals surface area contributed by atoms with E-state index in [1.54, 1.807) is 42.5 Å². The lowest BCUT2D eigenvalue weighted by molar-refractivity contribution is 0.276. The third-order valence-electron chi connectivity index (χ3n) is 2.74. The van der Waals surface area contributed by atoms with E-state index >= 15 is 0 Å². The summed E-state index contributed by atoms with van der Waals surface area (Å²) in [6, 6.07) is 12.0. The van der Waals surface area contributed by atoms with Crippen LogP contribution in [-0.4, -0.2) is 12.2 Å². The minimum Gasteiger partial charge on any atom is -0.494 e. The molecule has 1 N–H and O–H groups in total. The smallest absolute Gasteiger partial charge is 0.171 e. The largest absolute Gasteiger partial charge is 0.494 e. The van der Waals surface area contributed by atoms with Gasteiger partial charge in [-0.25, -0.2) is 4.39 Å². The van der Waals surface area contributed by atoms with Crippen LogP contribution in [0, 0.1) is 5.82 Å². The third kappa shape index (κ3) is 3.23. The maximum Gasteiger partial charge on any atom is 0.171 e. The van der Waals surface area contributed by atoms with Gasteiger partial charge in [-0.3, -0.25) is 0 Å². The molecular weight excluding hydrogens is 247 g/mol. The van der Waals surface area contributed by atoms with Crippen LogP contribution in [-0.2, 0) is 13.2 Å². The minimum atomic E-state index is -0.414. The zero-order valence-corrected chi connectivity index (χ0v) is 10.6. The maximum absolute atomic E-state index is 13.9. The summed E-state index contributed by atoms with van der Waals surface area (Å²) >= 11 is 0. The van der Waals surface area contributed by atoms with E-state index < -0.39 is 5.82 Å². The van der Waals surface area contributed by atoms with Crippen molar-refractivity contribution in [3.8, 4) is 11.5 Å². The van der Waals surface area contributed by atoms with Crippen LogP contribution < -0.4 is 9.47 Å². The van der Waals surface area contributed by atoms with E-state index in [1.807, 2.05) is 0 Å². The summed E-state index contributed by atoms with van der Waals surface area (Å²) in [5.41, 5.74) is 1.18. The van der Waals surface area contributed by atoms with Crippen molar-refractivity contribution in [2.24, 2.45) is 0 Å². The Morgan fingerprint density at radius 1 is 1.16 bits per heavy atom. The van der Waals surface area contributed by atoms with Crippen LogP contribution in [0.2, 0.25) is 0 Å². The van der Waals surface area contributed by atoms with Crippen molar-refractivity contribution in [2.45, 2.75) is 13.2 Å². The summed E-state index contributed by atoms with van der Waals surface area (Å²) in [5.74, 6) is 0.377. The molecule has 2 aromatic carbocycles. The summed E-state index contributed by atoms with van der Waals surface area (Å²) in [5, 5.41) is 9.03. The molecular formula is C15H15FO3. The molecule has 19 heavy (non-hydrogen) atoms. The Balaban J connectivity index is 2.10. The molecule has 0 unspecified atom stereocenters. The quantitative estimate of drug-likeness (QED) is 0.900. The summed E-state index contributed by atoms with van der Waals surface area (Å²) in [6.45, 7) is 0.0582. The molecule has 0 atom stereocenters. The molecule has 0 saturated heterocycles. The highest BCUT2D eigenvalue weighted by Gasteiger charge is 2.08. The van der Waals surface area contributed by atoms with Crippen LogP contribution >= 0.6 is 0 Å². The first-order valence-electron chi connectivity index (χ1n) is 5.88. The summed E-state index contributed by atoms with van der Waals surface area (Å²) in [7, 11) is 1.42. The molecule has 100 valence electrons. The second-order valence-corrected chi connectivity index (χ2v) is 4.03. The first kappa shape index (κ1) is 13.4. The second kappa shape index (κ2) is 6.20. The van der Waals surface area contributed by atoms with Crippen LogP contribution in [0.3, 0.4) is 0 Å². The SMILES string of the molecule is COc1cccc(COc2cccc(CO)c2)c1F. The first-order chi connectivity index (χ1) is 9.24. The van der Waals surface area contributed by atoms with Crippen molar-refractivity contribution in [3.63, 3.8) is 0 Å². The zero-order chi connectivity index (χ0) is 13.7. The van der Waals surface area contributed by atoms with Gasteiger partial charge in [0, 0.05) is 5.56 Å². The van der Waals surface area contributed by atoms with Gasteiger partial charge in [0.2, 0.25) is 0 Å². The molecule has 0 bridgehead atoms. The fraction of sp³-hybridized carbons (Fsp3) is 0.200. The van der Waals surface area contributed by atoms with E-state index in [-0.39, 0.29) is 19.0 Å². The molecule has 0 aliphatic rings. The van der Waals surface area contributed by atoms with Gasteiger partial charge in [0.05, 0.1) is 13.7 Å². The van der Waals surface area contributed by atoms with Crippen molar-refractivity contribution < 1.29 is 19.0 Å². The molecule has 0 aliphatic carbocycles. The Morgan fingerprint density at radius 2 is 1.95 bits per heavy atom. The van der Waals surface area contributed by atoms with Crippen molar-refractivity contribution in [3.05, 3.63) is 59.4 Å². The standard InChI is InChI=1S/C15H15FO3/c1-18-14-7-3-5-12(15(14)16)10-19-13-6-2-4-11(8-13)9-17/h2-8,17H,9-10H2,1H3. The Kier molecular flexibility index (Phi) is 4.36. The molecule has 0 aromatic heterocycles. The highest BCUT2D eigenvalue weighted by Crippen LogP contribution is 2.22. The number of aliphatic hydroxyl groups excluding tert-OH is 1. The molecule has 3 nitrogen and oxygen atoms in total. The van der Waals surface area contributed by atoms with Crippen LogP contribution in [0.25, 0.3) is 0 Å². The Bertz CT molecular complexity index is 555. The van der Waals surface area contributed by atoms with Crippen molar-refractivity contribution in [1.29, 1.82) is 0 Å². The molecule has 4 heteroatoms. The highest BCUT2D eigenvalue weighted by atomic mass is 19.1. The van der Waals surface area contributed by atoms with Crippen LogP contribution in [0.1, 0.15) is 11.1 Å². The Morgan fingerprint density at radius 3 is 2.68 bits per heavy atom. The molecule has 0 aliphatic heterocycles. The fourth-order valence-corrected chi connectivity index (χ4v) is 1.72. The van der Waals surface area contributed by atoms with E-state index in [0.29, 0.717) is 11.3 Å². The van der Waals surface area contributed by atoms with Crippen LogP contribution in [0.15, 0.2) is 42.5 Å². The van der Waals surface area contributed by atoms with Gasteiger partial charge in [0.1, 0.15) is 12.4 Å². The number of benzene rings is 2. The normalized spacial score (nSPS) is 10.3. The van der Waals surface area contributed by atoms with Gasteiger partial charge < -0.3 is 14.6 Å². The topological polar surface area (TPSA) is 38.7 Å². The molecule has 2 rings (SSSR count). The summed E-state index contributed by atoms with van der Waals surface area (Å²) < 4.78 is 24.3. The van der Waals surface area contributed by atoms with E-state index in [9.17, 15) is 4.39 Å². The van der Waals surface area contributed by atoms with Crippen molar-refractivity contribution in [2.75, 3.05) is 7.11 Å². The number of methoxy groups -OCH3 is 1. The van der Waals surface area contributed by atoms with Crippen molar-refractivity contribution in [1.82, 2.24) is 0 Å². The number of aliphatic hydroxyl groups is 1. The third-order valence-corrected chi connectivity index (χ3v) is 2.74. The van der Waals surface area contributed by atoms with E-state index in [2.05, 4.69) is 0 Å². The van der Waals surface area contributed by atoms with Gasteiger partial charge in [-0.2, -0.15) is 0 Å². The van der Waals surface area contributed by atoms with Gasteiger partial charge in [0.15, 0.2) is 11.6 Å². The number of rotatable bonds is 5. The summed E-state index contributed by atoms with van der Waals surface area (Å²) in [4.78, 5) is 0. The van der Waals surface area contributed by atoms with Crippen molar-refractivity contribution >= 4 is 0 Å². The number of hydrogen-bond donors (Lipinski definition) is 1. The molecule has 0 saturated carbocycles. The monoisotopic (exact) mass is 262 g/mol. The van der Waals surface area contributed by atoms with E-state index in [1.165, 1.54) is 7.11 Å². The number of ether oxygens (including phenoxy) is 2. The van der Waals surface area contributed by atoms with Gasteiger partial charge >= 0.3 is 0 Å². The zero-order valence-electron chi connectivity index (χ0n) is 10.6. The predicted molar refractivity (Wildman–Crippen MR) is 69.6 cm³/mol. The van der Waals surface area contributed by atoms with Gasteiger partial charge in [-0.05, 0) is 23.8 Å².